The minimum Gasteiger partial charge on any atom is -0.494 e. The van der Waals surface area contributed by atoms with Crippen LogP contribution >= 0.6 is 11.8 Å². The Labute approximate surface area is 137 Å². The molecule has 0 aliphatic carbocycles. The van der Waals surface area contributed by atoms with Crippen molar-refractivity contribution in [1.29, 1.82) is 0 Å². The van der Waals surface area contributed by atoms with E-state index in [1.807, 2.05) is 31.2 Å². The van der Waals surface area contributed by atoms with Crippen molar-refractivity contribution in [2.24, 2.45) is 0 Å². The number of amides is 2. The molecule has 1 aromatic carbocycles. The fourth-order valence-electron chi connectivity index (χ4n) is 2.22. The lowest BCUT2D eigenvalue weighted by Crippen LogP contribution is -2.42. The van der Waals surface area contributed by atoms with Gasteiger partial charge in [0.15, 0.2) is 0 Å². The Kier molecular flexibility index (Phi) is 4.61. The summed E-state index contributed by atoms with van der Waals surface area (Å²) in [5.41, 5.74) is 1.41. The fraction of sp³-hybridized carbons (Fsp3) is 0.333. The van der Waals surface area contributed by atoms with Gasteiger partial charge in [-0.3, -0.25) is 14.5 Å². The van der Waals surface area contributed by atoms with Crippen molar-refractivity contribution < 1.29 is 14.3 Å². The number of nitrogens with zero attached hydrogens (tertiary/aromatic N) is 4. The van der Waals surface area contributed by atoms with Gasteiger partial charge in [0.25, 0.3) is 0 Å². The first-order chi connectivity index (χ1) is 11.2. The van der Waals surface area contributed by atoms with E-state index >= 15 is 0 Å². The summed E-state index contributed by atoms with van der Waals surface area (Å²) in [5.74, 6) is 1.10. The lowest BCUT2D eigenvalue weighted by molar-refractivity contribution is -0.142. The number of rotatable bonds is 5. The molecule has 3 rings (SSSR count). The Morgan fingerprint density at radius 3 is 2.52 bits per heavy atom. The van der Waals surface area contributed by atoms with E-state index in [0.717, 1.165) is 11.4 Å². The summed E-state index contributed by atoms with van der Waals surface area (Å²) in [4.78, 5) is 24.8. The topological polar surface area (TPSA) is 77.3 Å². The van der Waals surface area contributed by atoms with Crippen LogP contribution in [0.25, 0.3) is 5.69 Å². The van der Waals surface area contributed by atoms with Crippen LogP contribution in [0.5, 0.6) is 5.75 Å². The van der Waals surface area contributed by atoms with E-state index in [0.29, 0.717) is 23.8 Å². The van der Waals surface area contributed by atoms with E-state index in [1.165, 1.54) is 16.7 Å². The number of hydrogen-bond donors (Lipinski definition) is 0. The van der Waals surface area contributed by atoms with Gasteiger partial charge in [-0.1, -0.05) is 5.21 Å². The molecule has 23 heavy (non-hydrogen) atoms. The Morgan fingerprint density at radius 1 is 1.17 bits per heavy atom. The number of ether oxygens (including phenoxy) is 1. The van der Waals surface area contributed by atoms with Crippen LogP contribution in [0.4, 0.5) is 0 Å². The molecular weight excluding hydrogens is 316 g/mol. The van der Waals surface area contributed by atoms with Gasteiger partial charge in [-0.25, -0.2) is 4.68 Å². The molecule has 0 saturated carbocycles. The van der Waals surface area contributed by atoms with Gasteiger partial charge in [0.1, 0.15) is 11.4 Å². The quantitative estimate of drug-likeness (QED) is 0.767. The summed E-state index contributed by atoms with van der Waals surface area (Å²) < 4.78 is 7.01. The van der Waals surface area contributed by atoms with Crippen LogP contribution < -0.4 is 4.74 Å². The summed E-state index contributed by atoms with van der Waals surface area (Å²) >= 11 is 1.34. The normalized spacial score (nSPS) is 15.1. The first kappa shape index (κ1) is 15.5. The van der Waals surface area contributed by atoms with E-state index in [1.54, 1.807) is 10.9 Å². The van der Waals surface area contributed by atoms with Crippen molar-refractivity contribution in [3.8, 4) is 11.4 Å². The number of carbonyl (C=O) groups excluding carboxylic acids is 2. The lowest BCUT2D eigenvalue weighted by atomic mass is 10.3. The second-order valence-electron chi connectivity index (χ2n) is 4.95. The third-order valence-corrected chi connectivity index (χ3v) is 4.23. The van der Waals surface area contributed by atoms with Crippen molar-refractivity contribution in [2.75, 3.05) is 18.1 Å². The molecule has 1 aromatic heterocycles. The minimum atomic E-state index is -0.179. The molecule has 0 unspecified atom stereocenters. The van der Waals surface area contributed by atoms with Gasteiger partial charge in [-0.05, 0) is 31.2 Å². The molecule has 1 saturated heterocycles. The Morgan fingerprint density at radius 2 is 1.87 bits per heavy atom. The first-order valence-corrected chi connectivity index (χ1v) is 8.38. The van der Waals surface area contributed by atoms with Crippen molar-refractivity contribution in [3.05, 3.63) is 36.2 Å². The van der Waals surface area contributed by atoms with Crippen molar-refractivity contribution in [1.82, 2.24) is 19.9 Å². The van der Waals surface area contributed by atoms with Gasteiger partial charge >= 0.3 is 0 Å². The number of hydrogen-bond acceptors (Lipinski definition) is 6. The highest BCUT2D eigenvalue weighted by molar-refractivity contribution is 8.00. The molecule has 7 nitrogen and oxygen atoms in total. The van der Waals surface area contributed by atoms with Gasteiger partial charge in [-0.2, -0.15) is 0 Å². The van der Waals surface area contributed by atoms with Crippen LogP contribution in [0.1, 0.15) is 12.6 Å². The van der Waals surface area contributed by atoms with E-state index in [4.69, 9.17) is 4.74 Å². The fourth-order valence-corrected chi connectivity index (χ4v) is 2.98. The summed E-state index contributed by atoms with van der Waals surface area (Å²) in [5, 5.41) is 8.09. The molecule has 2 heterocycles. The zero-order valence-electron chi connectivity index (χ0n) is 12.6. The Balaban J connectivity index is 1.72. The minimum absolute atomic E-state index is 0.162. The molecule has 0 bridgehead atoms. The molecule has 1 aliphatic rings. The third-order valence-electron chi connectivity index (χ3n) is 3.33. The number of aromatic nitrogens is 3. The van der Waals surface area contributed by atoms with Gasteiger partial charge < -0.3 is 4.74 Å². The molecule has 0 spiro atoms. The summed E-state index contributed by atoms with van der Waals surface area (Å²) in [7, 11) is 0. The maximum atomic E-state index is 11.8. The standard InChI is InChI=1S/C15H16N4O3S/c1-2-22-13-5-3-12(4-6-13)19-8-11(16-17-19)7-18-14(20)9-23-10-15(18)21/h3-6,8H,2,7,9-10H2,1H3. The smallest absolute Gasteiger partial charge is 0.239 e. The summed E-state index contributed by atoms with van der Waals surface area (Å²) in [6.07, 6.45) is 1.72. The van der Waals surface area contributed by atoms with Crippen molar-refractivity contribution in [2.45, 2.75) is 13.5 Å². The number of carbonyl (C=O) groups is 2. The van der Waals surface area contributed by atoms with E-state index in [9.17, 15) is 9.59 Å². The first-order valence-electron chi connectivity index (χ1n) is 7.23. The van der Waals surface area contributed by atoms with E-state index in [-0.39, 0.29) is 18.4 Å². The highest BCUT2D eigenvalue weighted by Gasteiger charge is 2.27. The highest BCUT2D eigenvalue weighted by Crippen LogP contribution is 2.17. The van der Waals surface area contributed by atoms with Gasteiger partial charge in [0.05, 0.1) is 36.5 Å². The molecule has 0 atom stereocenters. The number of imide groups is 1. The zero-order valence-corrected chi connectivity index (χ0v) is 13.5. The number of thioether (sulfide) groups is 1. The van der Waals surface area contributed by atoms with Crippen molar-refractivity contribution >= 4 is 23.6 Å². The zero-order chi connectivity index (χ0) is 16.2. The lowest BCUT2D eigenvalue weighted by Gasteiger charge is -2.23. The molecular formula is C15H16N4O3S. The predicted molar refractivity (Wildman–Crippen MR) is 85.4 cm³/mol. The maximum absolute atomic E-state index is 11.8. The average molecular weight is 332 g/mol. The van der Waals surface area contributed by atoms with E-state index in [2.05, 4.69) is 10.3 Å². The summed E-state index contributed by atoms with van der Waals surface area (Å²) in [6, 6.07) is 7.46. The van der Waals surface area contributed by atoms with Gasteiger partial charge in [0, 0.05) is 0 Å². The second-order valence-corrected chi connectivity index (χ2v) is 5.93. The molecule has 1 fully saturated rings. The third kappa shape index (κ3) is 3.53. The molecule has 2 aromatic rings. The van der Waals surface area contributed by atoms with Gasteiger partial charge in [0.2, 0.25) is 11.8 Å². The Hall–Kier alpha value is -2.35. The number of benzene rings is 1. The molecule has 2 amide bonds. The molecule has 8 heteroatoms. The van der Waals surface area contributed by atoms with E-state index < -0.39 is 0 Å². The Bertz CT molecular complexity index is 698. The SMILES string of the molecule is CCOc1ccc(-n2cc(CN3C(=O)CSCC3=O)nn2)cc1. The molecule has 0 radical (unpaired) electrons. The predicted octanol–water partition coefficient (Wildman–Crippen LogP) is 1.27. The second kappa shape index (κ2) is 6.82. The monoisotopic (exact) mass is 332 g/mol. The van der Waals surface area contributed by atoms with Crippen LogP contribution in [0.2, 0.25) is 0 Å². The van der Waals surface area contributed by atoms with Crippen LogP contribution in [-0.4, -0.2) is 49.8 Å². The maximum Gasteiger partial charge on any atom is 0.239 e. The molecule has 120 valence electrons. The van der Waals surface area contributed by atoms with Crippen LogP contribution in [0, 0.1) is 0 Å². The average Bonchev–Trinajstić information content (AvgIpc) is 3.01. The highest BCUT2D eigenvalue weighted by atomic mass is 32.2. The largest absolute Gasteiger partial charge is 0.494 e. The van der Waals surface area contributed by atoms with Crippen LogP contribution in [0.15, 0.2) is 30.5 Å². The molecule has 1 aliphatic heterocycles. The van der Waals surface area contributed by atoms with Crippen LogP contribution in [-0.2, 0) is 16.1 Å². The van der Waals surface area contributed by atoms with Crippen molar-refractivity contribution in [3.63, 3.8) is 0 Å². The summed E-state index contributed by atoms with van der Waals surface area (Å²) in [6.45, 7) is 2.71. The van der Waals surface area contributed by atoms with Crippen LogP contribution in [0.3, 0.4) is 0 Å². The van der Waals surface area contributed by atoms with Gasteiger partial charge in [-0.15, -0.1) is 16.9 Å². The molecule has 0 N–H and O–H groups in total.